The van der Waals surface area contributed by atoms with E-state index in [1.54, 1.807) is 24.3 Å². The van der Waals surface area contributed by atoms with Crippen LogP contribution in [0.25, 0.3) is 33.8 Å². The minimum Gasteiger partial charge on any atom is -0.480 e. The molecule has 1 N–H and O–H groups in total. The van der Waals surface area contributed by atoms with Crippen LogP contribution < -0.4 is 15.7 Å². The third kappa shape index (κ3) is 4.42. The minimum atomic E-state index is -0.657. The van der Waals surface area contributed by atoms with Crippen LogP contribution in [0.2, 0.25) is 0 Å². The number of para-hydroxylation sites is 1. The van der Waals surface area contributed by atoms with Crippen LogP contribution in [0.1, 0.15) is 5.56 Å². The standard InChI is InChI=1S/C26H19N3O5/c1-16-10-12-19(13-11-16)27-22(30)15-32-21-9-5-8-18-14-20(26(31)33-23(18)21)25-28-24(29-34-25)17-6-3-2-4-7-17/h2-14H,15H2,1H3,(H,27,30). The zero-order valence-electron chi connectivity index (χ0n) is 18.1. The zero-order chi connectivity index (χ0) is 23.5. The highest BCUT2D eigenvalue weighted by atomic mass is 16.5. The summed E-state index contributed by atoms with van der Waals surface area (Å²) in [7, 11) is 0. The van der Waals surface area contributed by atoms with Crippen LogP contribution in [0.15, 0.2) is 92.6 Å². The van der Waals surface area contributed by atoms with Crippen molar-refractivity contribution in [3.63, 3.8) is 0 Å². The Bertz CT molecular complexity index is 1520. The number of aryl methyl sites for hydroxylation is 1. The molecule has 5 rings (SSSR count). The van der Waals surface area contributed by atoms with Gasteiger partial charge >= 0.3 is 5.63 Å². The molecule has 0 unspecified atom stereocenters. The number of carbonyl (C=O) groups excluding carboxylic acids is 1. The molecule has 5 aromatic rings. The predicted molar refractivity (Wildman–Crippen MR) is 127 cm³/mol. The lowest BCUT2D eigenvalue weighted by molar-refractivity contribution is -0.118. The molecule has 34 heavy (non-hydrogen) atoms. The van der Waals surface area contributed by atoms with Gasteiger partial charge in [0.2, 0.25) is 5.82 Å². The molecule has 1 amide bonds. The first-order valence-electron chi connectivity index (χ1n) is 10.5. The van der Waals surface area contributed by atoms with E-state index in [9.17, 15) is 9.59 Å². The summed E-state index contributed by atoms with van der Waals surface area (Å²) in [6.45, 7) is 1.72. The molecule has 3 aromatic carbocycles. The Kier molecular flexibility index (Phi) is 5.61. The van der Waals surface area contributed by atoms with Crippen LogP contribution in [0.5, 0.6) is 5.75 Å². The molecule has 0 saturated heterocycles. The fourth-order valence-corrected chi connectivity index (χ4v) is 3.40. The van der Waals surface area contributed by atoms with Crippen molar-refractivity contribution in [2.75, 3.05) is 11.9 Å². The number of fused-ring (bicyclic) bond motifs is 1. The number of carbonyl (C=O) groups is 1. The van der Waals surface area contributed by atoms with Gasteiger partial charge in [-0.15, -0.1) is 0 Å². The molecule has 0 radical (unpaired) electrons. The lowest BCUT2D eigenvalue weighted by atomic mass is 10.1. The van der Waals surface area contributed by atoms with Crippen molar-refractivity contribution < 1.29 is 18.5 Å². The van der Waals surface area contributed by atoms with Crippen LogP contribution >= 0.6 is 0 Å². The number of nitrogens with one attached hydrogen (secondary N) is 1. The Labute approximate surface area is 193 Å². The maximum absolute atomic E-state index is 12.7. The second-order valence-corrected chi connectivity index (χ2v) is 7.61. The van der Waals surface area contributed by atoms with Gasteiger partial charge in [-0.2, -0.15) is 4.98 Å². The second-order valence-electron chi connectivity index (χ2n) is 7.61. The molecule has 8 nitrogen and oxygen atoms in total. The van der Waals surface area contributed by atoms with Gasteiger partial charge in [-0.25, -0.2) is 4.79 Å². The largest absolute Gasteiger partial charge is 0.480 e. The molecule has 0 fully saturated rings. The number of rotatable bonds is 6. The van der Waals surface area contributed by atoms with E-state index >= 15 is 0 Å². The van der Waals surface area contributed by atoms with Crippen molar-refractivity contribution in [1.82, 2.24) is 10.1 Å². The molecule has 2 aromatic heterocycles. The number of hydrogen-bond acceptors (Lipinski definition) is 7. The fraction of sp³-hybridized carbons (Fsp3) is 0.0769. The highest BCUT2D eigenvalue weighted by Gasteiger charge is 2.18. The van der Waals surface area contributed by atoms with E-state index < -0.39 is 5.63 Å². The normalized spacial score (nSPS) is 10.9. The topological polar surface area (TPSA) is 107 Å². The Morgan fingerprint density at radius 2 is 1.79 bits per heavy atom. The molecule has 0 spiro atoms. The Balaban J connectivity index is 1.37. The van der Waals surface area contributed by atoms with Gasteiger partial charge in [0.05, 0.1) is 0 Å². The van der Waals surface area contributed by atoms with Gasteiger partial charge in [0, 0.05) is 16.6 Å². The molecule has 0 aliphatic heterocycles. The van der Waals surface area contributed by atoms with Crippen molar-refractivity contribution in [2.45, 2.75) is 6.92 Å². The van der Waals surface area contributed by atoms with Gasteiger partial charge in [0.25, 0.3) is 11.8 Å². The molecule has 2 heterocycles. The van der Waals surface area contributed by atoms with Crippen molar-refractivity contribution in [1.29, 1.82) is 0 Å². The fourth-order valence-electron chi connectivity index (χ4n) is 3.40. The van der Waals surface area contributed by atoms with E-state index in [2.05, 4.69) is 15.5 Å². The maximum Gasteiger partial charge on any atom is 0.349 e. The number of anilines is 1. The van der Waals surface area contributed by atoms with Crippen molar-refractivity contribution in [2.24, 2.45) is 0 Å². The summed E-state index contributed by atoms with van der Waals surface area (Å²) in [5.74, 6) is 0.361. The maximum atomic E-state index is 12.7. The lowest BCUT2D eigenvalue weighted by Crippen LogP contribution is -2.20. The van der Waals surface area contributed by atoms with Crippen LogP contribution in [-0.2, 0) is 4.79 Å². The van der Waals surface area contributed by atoms with E-state index in [1.165, 1.54) is 0 Å². The average Bonchev–Trinajstić information content (AvgIpc) is 3.34. The van der Waals surface area contributed by atoms with E-state index in [1.807, 2.05) is 61.5 Å². The van der Waals surface area contributed by atoms with Gasteiger partial charge in [-0.3, -0.25) is 4.79 Å². The average molecular weight is 453 g/mol. The molecule has 168 valence electrons. The minimum absolute atomic E-state index is 0.0540. The molecule has 0 atom stereocenters. The van der Waals surface area contributed by atoms with Crippen molar-refractivity contribution in [3.05, 3.63) is 94.8 Å². The summed E-state index contributed by atoms with van der Waals surface area (Å²) >= 11 is 0. The Hall–Kier alpha value is -4.72. The number of amides is 1. The number of ether oxygens (including phenoxy) is 1. The van der Waals surface area contributed by atoms with E-state index in [4.69, 9.17) is 13.7 Å². The molecular formula is C26H19N3O5. The van der Waals surface area contributed by atoms with Crippen molar-refractivity contribution in [3.8, 4) is 28.6 Å². The smallest absolute Gasteiger partial charge is 0.349 e. The third-order valence-electron chi connectivity index (χ3n) is 5.11. The summed E-state index contributed by atoms with van der Waals surface area (Å²) in [5.41, 5.74) is 2.23. The second kappa shape index (κ2) is 9.03. The van der Waals surface area contributed by atoms with Crippen LogP contribution in [0.3, 0.4) is 0 Å². The van der Waals surface area contributed by atoms with E-state index in [0.717, 1.165) is 11.1 Å². The highest BCUT2D eigenvalue weighted by molar-refractivity contribution is 5.92. The molecule has 0 saturated carbocycles. The summed E-state index contributed by atoms with van der Waals surface area (Å²) in [5, 5.41) is 7.30. The molecular weight excluding hydrogens is 434 g/mol. The van der Waals surface area contributed by atoms with Crippen LogP contribution in [-0.4, -0.2) is 22.7 Å². The van der Waals surface area contributed by atoms with Gasteiger partial charge in [-0.1, -0.05) is 65.3 Å². The summed E-state index contributed by atoms with van der Waals surface area (Å²) in [4.78, 5) is 29.3. The van der Waals surface area contributed by atoms with Crippen molar-refractivity contribution >= 4 is 22.6 Å². The first-order valence-corrected chi connectivity index (χ1v) is 10.5. The Morgan fingerprint density at radius 1 is 1.00 bits per heavy atom. The first-order chi connectivity index (χ1) is 16.6. The van der Waals surface area contributed by atoms with Crippen LogP contribution in [0, 0.1) is 6.92 Å². The SMILES string of the molecule is Cc1ccc(NC(=O)COc2cccc3cc(-c4nc(-c5ccccc5)no4)c(=O)oc23)cc1. The number of nitrogens with zero attached hydrogens (tertiary/aromatic N) is 2. The molecule has 8 heteroatoms. The molecule has 0 aliphatic rings. The zero-order valence-corrected chi connectivity index (χ0v) is 18.1. The summed E-state index contributed by atoms with van der Waals surface area (Å²) < 4.78 is 16.5. The summed E-state index contributed by atoms with van der Waals surface area (Å²) in [6.07, 6.45) is 0. The highest BCUT2D eigenvalue weighted by Crippen LogP contribution is 2.28. The van der Waals surface area contributed by atoms with Gasteiger partial charge in [0.15, 0.2) is 17.9 Å². The number of benzene rings is 3. The Morgan fingerprint density at radius 3 is 2.59 bits per heavy atom. The lowest BCUT2D eigenvalue weighted by Gasteiger charge is -2.09. The molecule has 0 aliphatic carbocycles. The van der Waals surface area contributed by atoms with E-state index in [-0.39, 0.29) is 35.3 Å². The van der Waals surface area contributed by atoms with Crippen LogP contribution in [0.4, 0.5) is 5.69 Å². The molecule has 0 bridgehead atoms. The van der Waals surface area contributed by atoms with Gasteiger partial charge < -0.3 is 19.0 Å². The quantitative estimate of drug-likeness (QED) is 0.367. The first kappa shape index (κ1) is 21.1. The number of aromatic nitrogens is 2. The number of hydrogen-bond donors (Lipinski definition) is 1. The van der Waals surface area contributed by atoms with E-state index in [0.29, 0.717) is 16.9 Å². The summed E-state index contributed by atoms with van der Waals surface area (Å²) in [6, 6.07) is 23.4. The van der Waals surface area contributed by atoms with Gasteiger partial charge in [-0.05, 0) is 31.2 Å². The predicted octanol–water partition coefficient (Wildman–Crippen LogP) is 4.84. The monoisotopic (exact) mass is 453 g/mol. The third-order valence-corrected chi connectivity index (χ3v) is 5.11. The van der Waals surface area contributed by atoms with Gasteiger partial charge in [0.1, 0.15) is 5.56 Å².